The summed E-state index contributed by atoms with van der Waals surface area (Å²) in [6.07, 6.45) is -0.134. The average Bonchev–Trinajstić information content (AvgIpc) is 2.48. The van der Waals surface area contributed by atoms with Gasteiger partial charge in [0.1, 0.15) is 5.82 Å². The predicted molar refractivity (Wildman–Crippen MR) is 85.1 cm³/mol. The molecule has 1 aromatic carbocycles. The van der Waals surface area contributed by atoms with Crippen molar-refractivity contribution in [3.05, 3.63) is 35.6 Å². The van der Waals surface area contributed by atoms with Crippen LogP contribution in [0, 0.1) is 5.82 Å². The normalized spacial score (nSPS) is 23.4. The van der Waals surface area contributed by atoms with Crippen LogP contribution in [0.5, 0.6) is 0 Å². The molecule has 0 radical (unpaired) electrons. The maximum Gasteiger partial charge on any atom is 0.129 e. The molecule has 1 fully saturated rings. The van der Waals surface area contributed by atoms with Crippen molar-refractivity contribution in [2.45, 2.75) is 38.5 Å². The number of aliphatic hydroxyl groups is 2. The number of hydrogen-bond donors (Lipinski definition) is 2. The van der Waals surface area contributed by atoms with Gasteiger partial charge in [0.2, 0.25) is 0 Å². The Kier molecular flexibility index (Phi) is 6.32. The van der Waals surface area contributed by atoms with Crippen LogP contribution in [0.4, 0.5) is 4.39 Å². The first kappa shape index (κ1) is 17.3. The Bertz CT molecular complexity index is 470. The second-order valence-corrected chi connectivity index (χ2v) is 6.20. The maximum atomic E-state index is 13.7. The summed E-state index contributed by atoms with van der Waals surface area (Å²) >= 11 is 0. The lowest BCUT2D eigenvalue weighted by Crippen LogP contribution is -2.55. The molecular weight excluding hydrogens is 283 g/mol. The monoisotopic (exact) mass is 310 g/mol. The van der Waals surface area contributed by atoms with E-state index in [2.05, 4.69) is 16.7 Å². The number of nitrogens with zero attached hydrogens (tertiary/aromatic N) is 2. The zero-order valence-corrected chi connectivity index (χ0v) is 13.5. The summed E-state index contributed by atoms with van der Waals surface area (Å²) in [5.74, 6) is -0.352. The highest BCUT2D eigenvalue weighted by atomic mass is 19.1. The van der Waals surface area contributed by atoms with Crippen LogP contribution in [0.3, 0.4) is 0 Å². The number of β-amino-alcohol motifs (C(OH)–C–C–N with tert-alkyl or cyclic N) is 2. The molecule has 0 amide bonds. The van der Waals surface area contributed by atoms with E-state index in [4.69, 9.17) is 0 Å². The van der Waals surface area contributed by atoms with Crippen molar-refractivity contribution in [1.82, 2.24) is 9.80 Å². The Hall–Kier alpha value is -1.01. The van der Waals surface area contributed by atoms with Gasteiger partial charge in [-0.2, -0.15) is 0 Å². The third kappa shape index (κ3) is 4.49. The number of halogens is 1. The van der Waals surface area contributed by atoms with Gasteiger partial charge in [0, 0.05) is 44.3 Å². The molecule has 1 aliphatic heterocycles. The second kappa shape index (κ2) is 8.02. The fraction of sp³-hybridized carbons (Fsp3) is 0.647. The van der Waals surface area contributed by atoms with Gasteiger partial charge < -0.3 is 10.2 Å². The van der Waals surface area contributed by atoms with E-state index in [1.165, 1.54) is 6.07 Å². The molecule has 2 N–H and O–H groups in total. The highest BCUT2D eigenvalue weighted by molar-refractivity contribution is 5.20. The number of piperazine rings is 1. The Labute approximate surface area is 132 Å². The van der Waals surface area contributed by atoms with Crippen molar-refractivity contribution in [2.75, 3.05) is 32.7 Å². The Morgan fingerprint density at radius 3 is 2.59 bits per heavy atom. The molecule has 1 aliphatic rings. The summed E-state index contributed by atoms with van der Waals surface area (Å²) in [5.41, 5.74) is 0.363. The SMILES string of the molecule is CC[C@@H]1CN(C[C@@H](O)c2ccccc2F)CCN1C[C@H](C)O. The van der Waals surface area contributed by atoms with E-state index in [1.54, 1.807) is 25.1 Å². The van der Waals surface area contributed by atoms with Gasteiger partial charge in [-0.15, -0.1) is 0 Å². The van der Waals surface area contributed by atoms with Gasteiger partial charge in [-0.05, 0) is 19.4 Å². The summed E-state index contributed by atoms with van der Waals surface area (Å²) in [7, 11) is 0. The van der Waals surface area contributed by atoms with E-state index in [1.807, 2.05) is 0 Å². The van der Waals surface area contributed by atoms with Crippen LogP contribution in [0.1, 0.15) is 31.9 Å². The topological polar surface area (TPSA) is 46.9 Å². The zero-order chi connectivity index (χ0) is 16.1. The number of rotatable bonds is 6. The van der Waals surface area contributed by atoms with E-state index >= 15 is 0 Å². The lowest BCUT2D eigenvalue weighted by molar-refractivity contribution is 0.0165. The van der Waals surface area contributed by atoms with Gasteiger partial charge in [-0.1, -0.05) is 25.1 Å². The quantitative estimate of drug-likeness (QED) is 0.838. The largest absolute Gasteiger partial charge is 0.392 e. The summed E-state index contributed by atoms with van der Waals surface area (Å²) in [6, 6.07) is 6.77. The molecule has 3 atom stereocenters. The summed E-state index contributed by atoms with van der Waals surface area (Å²) < 4.78 is 13.7. The van der Waals surface area contributed by atoms with Crippen molar-refractivity contribution < 1.29 is 14.6 Å². The summed E-state index contributed by atoms with van der Waals surface area (Å²) in [6.45, 7) is 7.61. The number of benzene rings is 1. The second-order valence-electron chi connectivity index (χ2n) is 6.20. The van der Waals surface area contributed by atoms with Gasteiger partial charge in [0.25, 0.3) is 0 Å². The molecule has 0 aromatic heterocycles. The van der Waals surface area contributed by atoms with E-state index in [-0.39, 0.29) is 11.9 Å². The van der Waals surface area contributed by atoms with Crippen molar-refractivity contribution in [3.63, 3.8) is 0 Å². The Morgan fingerprint density at radius 2 is 1.95 bits per heavy atom. The minimum absolute atomic E-state index is 0.329. The van der Waals surface area contributed by atoms with Crippen LogP contribution in [-0.4, -0.2) is 64.9 Å². The lowest BCUT2D eigenvalue weighted by atomic mass is 10.1. The van der Waals surface area contributed by atoms with Gasteiger partial charge in [-0.3, -0.25) is 9.80 Å². The zero-order valence-electron chi connectivity index (χ0n) is 13.5. The van der Waals surface area contributed by atoms with Crippen molar-refractivity contribution in [2.24, 2.45) is 0 Å². The van der Waals surface area contributed by atoms with Crippen LogP contribution in [0.15, 0.2) is 24.3 Å². The van der Waals surface area contributed by atoms with E-state index in [0.717, 1.165) is 26.1 Å². The van der Waals surface area contributed by atoms with E-state index in [9.17, 15) is 14.6 Å². The average molecular weight is 310 g/mol. The third-order valence-electron chi connectivity index (χ3n) is 4.35. The summed E-state index contributed by atoms with van der Waals surface area (Å²) in [5, 5.41) is 19.9. The molecule has 1 heterocycles. The first-order valence-corrected chi connectivity index (χ1v) is 8.08. The van der Waals surface area contributed by atoms with Crippen molar-refractivity contribution in [3.8, 4) is 0 Å². The molecule has 124 valence electrons. The van der Waals surface area contributed by atoms with Crippen molar-refractivity contribution in [1.29, 1.82) is 0 Å². The predicted octanol–water partition coefficient (Wildman–Crippen LogP) is 1.64. The van der Waals surface area contributed by atoms with E-state index < -0.39 is 6.10 Å². The standard InChI is InChI=1S/C17H27FN2O2/c1-3-14-11-19(8-9-20(14)10-13(2)21)12-17(22)15-6-4-5-7-16(15)18/h4-7,13-14,17,21-22H,3,8-12H2,1-2H3/t13-,14+,17+/m0/s1. The molecule has 22 heavy (non-hydrogen) atoms. The molecular formula is C17H27FN2O2. The molecule has 1 saturated heterocycles. The van der Waals surface area contributed by atoms with Crippen LogP contribution < -0.4 is 0 Å². The fourth-order valence-corrected chi connectivity index (χ4v) is 3.18. The third-order valence-corrected chi connectivity index (χ3v) is 4.35. The molecule has 0 saturated carbocycles. The minimum Gasteiger partial charge on any atom is -0.392 e. The first-order chi connectivity index (χ1) is 10.5. The van der Waals surface area contributed by atoms with Crippen LogP contribution >= 0.6 is 0 Å². The maximum absolute atomic E-state index is 13.7. The van der Waals surface area contributed by atoms with E-state index in [0.29, 0.717) is 24.7 Å². The smallest absolute Gasteiger partial charge is 0.129 e. The molecule has 2 rings (SSSR count). The fourth-order valence-electron chi connectivity index (χ4n) is 3.18. The Morgan fingerprint density at radius 1 is 1.23 bits per heavy atom. The number of aliphatic hydroxyl groups excluding tert-OH is 2. The van der Waals surface area contributed by atoms with Gasteiger partial charge in [0.15, 0.2) is 0 Å². The molecule has 1 aromatic rings. The van der Waals surface area contributed by atoms with Crippen LogP contribution in [0.2, 0.25) is 0 Å². The molecule has 0 unspecified atom stereocenters. The van der Waals surface area contributed by atoms with Gasteiger partial charge >= 0.3 is 0 Å². The highest BCUT2D eigenvalue weighted by Crippen LogP contribution is 2.20. The molecule has 5 heteroatoms. The molecule has 0 aliphatic carbocycles. The van der Waals surface area contributed by atoms with Crippen molar-refractivity contribution >= 4 is 0 Å². The summed E-state index contributed by atoms with van der Waals surface area (Å²) in [4.78, 5) is 4.49. The molecule has 0 spiro atoms. The van der Waals surface area contributed by atoms with Crippen LogP contribution in [0.25, 0.3) is 0 Å². The minimum atomic E-state index is -0.804. The van der Waals surface area contributed by atoms with Gasteiger partial charge in [0.05, 0.1) is 12.2 Å². The lowest BCUT2D eigenvalue weighted by Gasteiger charge is -2.42. The Balaban J connectivity index is 1.93. The first-order valence-electron chi connectivity index (χ1n) is 8.08. The molecule has 4 nitrogen and oxygen atoms in total. The molecule has 0 bridgehead atoms. The number of hydrogen-bond acceptors (Lipinski definition) is 4. The highest BCUT2D eigenvalue weighted by Gasteiger charge is 2.28. The van der Waals surface area contributed by atoms with Gasteiger partial charge in [-0.25, -0.2) is 4.39 Å². The van der Waals surface area contributed by atoms with Crippen LogP contribution in [-0.2, 0) is 0 Å².